The normalized spacial score (nSPS) is 12.6. The van der Waals surface area contributed by atoms with Crippen molar-refractivity contribution in [1.82, 2.24) is 10.2 Å². The lowest BCUT2D eigenvalue weighted by atomic mass is 10.1. The van der Waals surface area contributed by atoms with E-state index in [2.05, 4.69) is 5.32 Å². The topological polar surface area (TPSA) is 105 Å². The first kappa shape index (κ1) is 31.5. The molecule has 41 heavy (non-hydrogen) atoms. The molecule has 0 heterocycles. The molecular weight excluding hydrogens is 542 g/mol. The molecule has 0 fully saturated rings. The minimum atomic E-state index is -3.84. The van der Waals surface area contributed by atoms with Crippen molar-refractivity contribution in [1.29, 1.82) is 0 Å². The molecule has 0 spiro atoms. The Morgan fingerprint density at radius 1 is 0.878 bits per heavy atom. The Bertz CT molecular complexity index is 1380. The van der Waals surface area contributed by atoms with Gasteiger partial charge in [-0.15, -0.1) is 0 Å². The molecule has 3 aromatic carbocycles. The Morgan fingerprint density at radius 2 is 1.49 bits per heavy atom. The number of nitrogens with zero attached hydrogens (tertiary/aromatic N) is 2. The highest BCUT2D eigenvalue weighted by Gasteiger charge is 2.30. The summed E-state index contributed by atoms with van der Waals surface area (Å²) in [6.07, 6.45) is 1.78. The number of hydrogen-bond acceptors (Lipinski definition) is 6. The maximum absolute atomic E-state index is 13.7. The van der Waals surface area contributed by atoms with Crippen molar-refractivity contribution in [2.45, 2.75) is 52.4 Å². The average Bonchev–Trinajstić information content (AvgIpc) is 2.97. The van der Waals surface area contributed by atoms with Crippen molar-refractivity contribution in [2.24, 2.45) is 0 Å². The van der Waals surface area contributed by atoms with Crippen LogP contribution in [-0.2, 0) is 32.8 Å². The van der Waals surface area contributed by atoms with Gasteiger partial charge < -0.3 is 19.7 Å². The summed E-state index contributed by atoms with van der Waals surface area (Å²) in [6.45, 7) is 5.49. The summed E-state index contributed by atoms with van der Waals surface area (Å²) in [5.74, 6) is 0.400. The van der Waals surface area contributed by atoms with Crippen molar-refractivity contribution in [3.63, 3.8) is 0 Å². The zero-order valence-electron chi connectivity index (χ0n) is 24.2. The smallest absolute Gasteiger partial charge is 0.244 e. The monoisotopic (exact) mass is 581 g/mol. The molecule has 0 saturated carbocycles. The van der Waals surface area contributed by atoms with Gasteiger partial charge >= 0.3 is 0 Å². The molecule has 2 atom stereocenters. The maximum atomic E-state index is 13.7. The van der Waals surface area contributed by atoms with E-state index in [0.717, 1.165) is 28.1 Å². The molecule has 0 radical (unpaired) electrons. The number of ether oxygens (including phenoxy) is 2. The van der Waals surface area contributed by atoms with Crippen molar-refractivity contribution in [3.05, 3.63) is 90.0 Å². The van der Waals surface area contributed by atoms with Gasteiger partial charge in [0.1, 0.15) is 30.7 Å². The minimum absolute atomic E-state index is 0.0713. The van der Waals surface area contributed by atoms with Crippen LogP contribution in [0.25, 0.3) is 0 Å². The summed E-state index contributed by atoms with van der Waals surface area (Å²) in [7, 11) is -2.27. The predicted octanol–water partition coefficient (Wildman–Crippen LogP) is 4.37. The van der Waals surface area contributed by atoms with Gasteiger partial charge in [0.05, 0.1) is 19.1 Å². The van der Waals surface area contributed by atoms with Gasteiger partial charge in [0, 0.05) is 12.6 Å². The molecule has 0 unspecified atom stereocenters. The van der Waals surface area contributed by atoms with Crippen LogP contribution in [0, 0.1) is 0 Å². The number of benzene rings is 3. The van der Waals surface area contributed by atoms with Gasteiger partial charge in [-0.1, -0.05) is 49.4 Å². The van der Waals surface area contributed by atoms with Gasteiger partial charge in [-0.3, -0.25) is 13.9 Å². The Kier molecular flexibility index (Phi) is 11.2. The van der Waals surface area contributed by atoms with Gasteiger partial charge in [-0.2, -0.15) is 0 Å². The van der Waals surface area contributed by atoms with E-state index in [0.29, 0.717) is 23.8 Å². The number of anilines is 1. The van der Waals surface area contributed by atoms with Gasteiger partial charge in [0.25, 0.3) is 0 Å². The van der Waals surface area contributed by atoms with Gasteiger partial charge in [-0.25, -0.2) is 8.42 Å². The van der Waals surface area contributed by atoms with Crippen LogP contribution in [0.2, 0.25) is 0 Å². The van der Waals surface area contributed by atoms with E-state index in [1.54, 1.807) is 62.6 Å². The molecule has 0 bridgehead atoms. The van der Waals surface area contributed by atoms with E-state index in [1.165, 1.54) is 4.90 Å². The zero-order chi connectivity index (χ0) is 30.0. The average molecular weight is 582 g/mol. The molecule has 3 rings (SSSR count). The highest BCUT2D eigenvalue weighted by Crippen LogP contribution is 2.23. The molecule has 0 saturated heterocycles. The summed E-state index contributed by atoms with van der Waals surface area (Å²) >= 11 is 0. The quantitative estimate of drug-likeness (QED) is 0.303. The second-order valence-electron chi connectivity index (χ2n) is 9.90. The number of nitrogens with one attached hydrogen (secondary N) is 1. The fraction of sp³-hybridized carbons (Fsp3) is 0.355. The van der Waals surface area contributed by atoms with Crippen LogP contribution in [0.4, 0.5) is 5.69 Å². The summed E-state index contributed by atoms with van der Waals surface area (Å²) in [5.41, 5.74) is 2.09. The second-order valence-corrected chi connectivity index (χ2v) is 11.8. The lowest BCUT2D eigenvalue weighted by molar-refractivity contribution is -0.139. The number of hydrogen-bond donors (Lipinski definition) is 1. The fourth-order valence-corrected chi connectivity index (χ4v) is 4.89. The summed E-state index contributed by atoms with van der Waals surface area (Å²) < 4.78 is 37.7. The summed E-state index contributed by atoms with van der Waals surface area (Å²) in [5, 5.41) is 2.92. The van der Waals surface area contributed by atoms with Gasteiger partial charge in [0.2, 0.25) is 21.8 Å². The minimum Gasteiger partial charge on any atom is -0.497 e. The van der Waals surface area contributed by atoms with Crippen LogP contribution in [0.1, 0.15) is 38.3 Å². The number of amides is 2. The van der Waals surface area contributed by atoms with Crippen LogP contribution in [-0.4, -0.2) is 57.1 Å². The molecule has 10 heteroatoms. The summed E-state index contributed by atoms with van der Waals surface area (Å²) in [4.78, 5) is 28.1. The number of sulfonamides is 1. The lowest BCUT2D eigenvalue weighted by Gasteiger charge is -2.32. The number of carbonyl (C=O) groups excluding carboxylic acids is 2. The van der Waals surface area contributed by atoms with E-state index in [-0.39, 0.29) is 18.5 Å². The van der Waals surface area contributed by atoms with Crippen LogP contribution >= 0.6 is 0 Å². The van der Waals surface area contributed by atoms with E-state index >= 15 is 0 Å². The van der Waals surface area contributed by atoms with E-state index in [9.17, 15) is 18.0 Å². The number of rotatable bonds is 14. The van der Waals surface area contributed by atoms with Crippen molar-refractivity contribution in [3.8, 4) is 11.5 Å². The van der Waals surface area contributed by atoms with Crippen LogP contribution in [0.15, 0.2) is 78.9 Å². The van der Waals surface area contributed by atoms with Crippen molar-refractivity contribution < 1.29 is 27.5 Å². The first-order valence-corrected chi connectivity index (χ1v) is 15.3. The van der Waals surface area contributed by atoms with Gasteiger partial charge in [0.15, 0.2) is 0 Å². The van der Waals surface area contributed by atoms with E-state index in [4.69, 9.17) is 9.47 Å². The van der Waals surface area contributed by atoms with Crippen LogP contribution < -0.4 is 19.1 Å². The van der Waals surface area contributed by atoms with Gasteiger partial charge in [-0.05, 0) is 67.8 Å². The van der Waals surface area contributed by atoms with Crippen LogP contribution in [0.5, 0.6) is 11.5 Å². The molecule has 0 aliphatic rings. The maximum Gasteiger partial charge on any atom is 0.244 e. The molecule has 220 valence electrons. The van der Waals surface area contributed by atoms with Crippen LogP contribution in [0.3, 0.4) is 0 Å². The first-order chi connectivity index (χ1) is 19.5. The number of carbonyl (C=O) groups is 2. The zero-order valence-corrected chi connectivity index (χ0v) is 25.1. The second kappa shape index (κ2) is 14.5. The molecule has 9 nitrogen and oxygen atoms in total. The van der Waals surface area contributed by atoms with Crippen molar-refractivity contribution in [2.75, 3.05) is 24.2 Å². The van der Waals surface area contributed by atoms with Crippen molar-refractivity contribution >= 4 is 27.5 Å². The first-order valence-electron chi connectivity index (χ1n) is 13.5. The molecule has 3 aromatic rings. The molecule has 0 aromatic heterocycles. The molecule has 1 N–H and O–H groups in total. The Morgan fingerprint density at radius 3 is 2.05 bits per heavy atom. The molecule has 2 amide bonds. The van der Waals surface area contributed by atoms with E-state index in [1.807, 2.05) is 44.2 Å². The summed E-state index contributed by atoms with van der Waals surface area (Å²) in [6, 6.07) is 22.5. The fourth-order valence-electron chi connectivity index (χ4n) is 4.04. The lowest BCUT2D eigenvalue weighted by Crippen LogP contribution is -2.52. The largest absolute Gasteiger partial charge is 0.497 e. The standard InChI is InChI=1S/C31H39N3O6S/c1-6-23(2)32-31(36)24(3)33(20-25-12-16-28(39-4)17-13-25)30(35)21-34(41(5,37)38)27-14-18-29(19-15-27)40-22-26-10-8-7-9-11-26/h7-19,23-24H,6,20-22H2,1-5H3,(H,32,36)/t23-,24-/m0/s1. The third-order valence-electron chi connectivity index (χ3n) is 6.73. The third-order valence-corrected chi connectivity index (χ3v) is 7.87. The third kappa shape index (κ3) is 9.24. The Balaban J connectivity index is 1.82. The molecule has 0 aliphatic heterocycles. The highest BCUT2D eigenvalue weighted by atomic mass is 32.2. The Labute approximate surface area is 243 Å². The van der Waals surface area contributed by atoms with E-state index < -0.39 is 28.5 Å². The molecular formula is C31H39N3O6S. The molecule has 0 aliphatic carbocycles. The number of methoxy groups -OCH3 is 1. The highest BCUT2D eigenvalue weighted by molar-refractivity contribution is 7.92. The Hall–Kier alpha value is -4.05. The SMILES string of the molecule is CC[C@H](C)NC(=O)[C@H](C)N(Cc1ccc(OC)cc1)C(=O)CN(c1ccc(OCc2ccccc2)cc1)S(C)(=O)=O. The predicted molar refractivity (Wildman–Crippen MR) is 160 cm³/mol.